The van der Waals surface area contributed by atoms with Crippen LogP contribution in [0.25, 0.3) is 44.1 Å². The van der Waals surface area contributed by atoms with E-state index in [9.17, 15) is 0 Å². The quantitative estimate of drug-likeness (QED) is 0.208. The van der Waals surface area contributed by atoms with E-state index in [0.717, 1.165) is 33.9 Å². The number of hydrogen-bond acceptors (Lipinski definition) is 2. The first-order valence-electron chi connectivity index (χ1n) is 12.4. The summed E-state index contributed by atoms with van der Waals surface area (Å²) in [7, 11) is 0. The number of hydrogen-bond donors (Lipinski definition) is 1. The molecule has 176 valence electrons. The van der Waals surface area contributed by atoms with E-state index in [2.05, 4.69) is 118 Å². The summed E-state index contributed by atoms with van der Waals surface area (Å²) in [5, 5.41) is 4.81. The molecule has 1 aliphatic heterocycles. The molecule has 0 fully saturated rings. The summed E-state index contributed by atoms with van der Waals surface area (Å²) in [6.45, 7) is 15.9. The van der Waals surface area contributed by atoms with Crippen molar-refractivity contribution in [1.82, 2.24) is 0 Å². The van der Waals surface area contributed by atoms with Gasteiger partial charge in [0.15, 0.2) is 0 Å². The first kappa shape index (κ1) is 22.2. The van der Waals surface area contributed by atoms with Crippen LogP contribution < -0.4 is 10.6 Å². The average molecular weight is 467 g/mol. The average Bonchev–Trinajstić information content (AvgIpc) is 2.87. The van der Waals surface area contributed by atoms with Crippen molar-refractivity contribution in [3.05, 3.63) is 121 Å². The van der Waals surface area contributed by atoms with Gasteiger partial charge in [0.1, 0.15) is 0 Å². The monoisotopic (exact) mass is 466 g/mol. The molecular weight excluding hydrogens is 436 g/mol. The van der Waals surface area contributed by atoms with Crippen LogP contribution in [0.15, 0.2) is 104 Å². The molecule has 36 heavy (non-hydrogen) atoms. The molecule has 0 aromatic heterocycles. The lowest BCUT2D eigenvalue weighted by Gasteiger charge is -2.36. The van der Waals surface area contributed by atoms with Gasteiger partial charge in [-0.3, -0.25) is 0 Å². The van der Waals surface area contributed by atoms with E-state index in [1.165, 1.54) is 38.2 Å². The first-order valence-corrected chi connectivity index (χ1v) is 12.4. The number of benzene rings is 5. The molecule has 5 aromatic rings. The molecule has 1 aliphatic rings. The second kappa shape index (κ2) is 7.86. The number of nitrogens with zero attached hydrogens (tertiary/aromatic N) is 1. The molecule has 0 bridgehead atoms. The van der Waals surface area contributed by atoms with Crippen LogP contribution in [0.3, 0.4) is 0 Å². The first-order chi connectivity index (χ1) is 17.3. The fraction of sp³-hybridized carbons (Fsp3) is 0.118. The second-order valence-electron chi connectivity index (χ2n) is 10.7. The van der Waals surface area contributed by atoms with Gasteiger partial charge in [0.25, 0.3) is 0 Å². The van der Waals surface area contributed by atoms with Crippen molar-refractivity contribution in [2.24, 2.45) is 0 Å². The van der Waals surface area contributed by atoms with Crippen molar-refractivity contribution in [1.29, 1.82) is 0 Å². The van der Waals surface area contributed by atoms with E-state index < -0.39 is 0 Å². The summed E-state index contributed by atoms with van der Waals surface area (Å²) in [4.78, 5) is 2.21. The molecule has 2 heteroatoms. The Hall–Kier alpha value is -4.30. The molecule has 0 unspecified atom stereocenters. The Morgan fingerprint density at radius 1 is 0.639 bits per heavy atom. The number of nitrogen functional groups attached to an aromatic ring is 1. The summed E-state index contributed by atoms with van der Waals surface area (Å²) < 4.78 is 0. The Bertz CT molecular complexity index is 1680. The maximum absolute atomic E-state index is 6.02. The van der Waals surface area contributed by atoms with E-state index in [4.69, 9.17) is 5.73 Å². The molecule has 6 rings (SSSR count). The van der Waals surface area contributed by atoms with E-state index in [1.54, 1.807) is 0 Å². The van der Waals surface area contributed by atoms with Crippen LogP contribution in [0.5, 0.6) is 0 Å². The highest BCUT2D eigenvalue weighted by molar-refractivity contribution is 6.25. The van der Waals surface area contributed by atoms with Crippen LogP contribution in [0.1, 0.15) is 37.5 Å². The standard InChI is InChI=1S/C34H30N2/c1-21-27-11-8-12-30-32(23-13-17-25(35)18-14-23)29-10-7-6-9-28(29)31(33(27)30)22(2)36(21)26-19-15-24(16-20-26)34(3,4)5/h6-20H,1-2,35H2,3-5H3. The van der Waals surface area contributed by atoms with Crippen molar-refractivity contribution < 1.29 is 0 Å². The highest BCUT2D eigenvalue weighted by Gasteiger charge is 2.29. The van der Waals surface area contributed by atoms with Crippen molar-refractivity contribution in [3.8, 4) is 11.1 Å². The number of nitrogens with two attached hydrogens (primary N) is 1. The highest BCUT2D eigenvalue weighted by Crippen LogP contribution is 2.49. The largest absolute Gasteiger partial charge is 0.399 e. The van der Waals surface area contributed by atoms with Crippen LogP contribution in [0.4, 0.5) is 11.4 Å². The van der Waals surface area contributed by atoms with Gasteiger partial charge in [0.2, 0.25) is 0 Å². The van der Waals surface area contributed by atoms with Gasteiger partial charge < -0.3 is 10.6 Å². The molecule has 5 aromatic carbocycles. The van der Waals surface area contributed by atoms with Gasteiger partial charge >= 0.3 is 0 Å². The molecule has 0 amide bonds. The fourth-order valence-electron chi connectivity index (χ4n) is 5.55. The number of anilines is 2. The molecule has 1 heterocycles. The summed E-state index contributed by atoms with van der Waals surface area (Å²) in [6.07, 6.45) is 0. The third kappa shape index (κ3) is 3.25. The van der Waals surface area contributed by atoms with Gasteiger partial charge in [-0.2, -0.15) is 0 Å². The van der Waals surface area contributed by atoms with Crippen LogP contribution in [-0.4, -0.2) is 0 Å². The molecule has 2 nitrogen and oxygen atoms in total. The Morgan fingerprint density at radius 3 is 1.89 bits per heavy atom. The third-order valence-corrected chi connectivity index (χ3v) is 7.38. The highest BCUT2D eigenvalue weighted by atomic mass is 15.2. The minimum atomic E-state index is 0.0986. The summed E-state index contributed by atoms with van der Waals surface area (Å²) in [5.74, 6) is 0. The SMILES string of the molecule is C=C1c2cccc3c(-c4ccc(N)cc4)c4ccccc4c(c23)C(=C)N1c1ccc(C(C)(C)C)cc1. The van der Waals surface area contributed by atoms with Crippen molar-refractivity contribution >= 4 is 44.3 Å². The van der Waals surface area contributed by atoms with Gasteiger partial charge in [-0.1, -0.05) is 101 Å². The summed E-state index contributed by atoms with van der Waals surface area (Å²) in [6, 6.07) is 32.2. The van der Waals surface area contributed by atoms with Crippen LogP contribution in [-0.2, 0) is 5.41 Å². The zero-order valence-corrected chi connectivity index (χ0v) is 21.1. The minimum Gasteiger partial charge on any atom is -0.399 e. The molecule has 0 spiro atoms. The molecule has 2 N–H and O–H groups in total. The smallest absolute Gasteiger partial charge is 0.0474 e. The normalized spacial score (nSPS) is 13.6. The van der Waals surface area contributed by atoms with Gasteiger partial charge in [-0.15, -0.1) is 0 Å². The topological polar surface area (TPSA) is 29.3 Å². The molecule has 0 radical (unpaired) electrons. The predicted molar refractivity (Wildman–Crippen MR) is 157 cm³/mol. The summed E-state index contributed by atoms with van der Waals surface area (Å²) in [5.41, 5.74) is 15.8. The molecule has 0 aliphatic carbocycles. The zero-order valence-electron chi connectivity index (χ0n) is 21.1. The van der Waals surface area contributed by atoms with E-state index in [0.29, 0.717) is 0 Å². The van der Waals surface area contributed by atoms with Crippen molar-refractivity contribution in [3.63, 3.8) is 0 Å². The van der Waals surface area contributed by atoms with E-state index in [1.807, 2.05) is 12.1 Å². The zero-order chi connectivity index (χ0) is 25.2. The summed E-state index contributed by atoms with van der Waals surface area (Å²) >= 11 is 0. The Morgan fingerprint density at radius 2 is 1.25 bits per heavy atom. The van der Waals surface area contributed by atoms with Gasteiger partial charge in [0, 0.05) is 39.3 Å². The Labute approximate surface area is 213 Å². The number of fused-ring (bicyclic) bond motifs is 2. The van der Waals surface area contributed by atoms with Gasteiger partial charge in [0.05, 0.1) is 0 Å². The lowest BCUT2D eigenvalue weighted by Crippen LogP contribution is -2.23. The van der Waals surface area contributed by atoms with Crippen LogP contribution >= 0.6 is 0 Å². The Balaban J connectivity index is 1.64. The molecule has 0 saturated heterocycles. The van der Waals surface area contributed by atoms with Crippen LogP contribution in [0, 0.1) is 0 Å². The molecule has 0 saturated carbocycles. The second-order valence-corrected chi connectivity index (χ2v) is 10.7. The number of rotatable bonds is 2. The minimum absolute atomic E-state index is 0.0986. The van der Waals surface area contributed by atoms with Crippen LogP contribution in [0.2, 0.25) is 0 Å². The maximum Gasteiger partial charge on any atom is 0.0474 e. The lowest BCUT2D eigenvalue weighted by molar-refractivity contribution is 0.590. The Kier molecular flexibility index (Phi) is 4.84. The van der Waals surface area contributed by atoms with Gasteiger partial charge in [-0.25, -0.2) is 0 Å². The van der Waals surface area contributed by atoms with Gasteiger partial charge in [-0.05, 0) is 62.5 Å². The third-order valence-electron chi connectivity index (χ3n) is 7.38. The molecule has 0 atom stereocenters. The van der Waals surface area contributed by atoms with Crippen molar-refractivity contribution in [2.75, 3.05) is 10.6 Å². The van der Waals surface area contributed by atoms with E-state index in [-0.39, 0.29) is 5.41 Å². The molecular formula is C34H30N2. The predicted octanol–water partition coefficient (Wildman–Crippen LogP) is 9.00. The van der Waals surface area contributed by atoms with E-state index >= 15 is 0 Å². The lowest BCUT2D eigenvalue weighted by atomic mass is 9.82. The van der Waals surface area contributed by atoms with Crippen molar-refractivity contribution in [2.45, 2.75) is 26.2 Å². The maximum atomic E-state index is 6.02. The fourth-order valence-corrected chi connectivity index (χ4v) is 5.55.